The van der Waals surface area contributed by atoms with Crippen LogP contribution in [0.25, 0.3) is 10.9 Å². The van der Waals surface area contributed by atoms with Crippen molar-refractivity contribution >= 4 is 45.5 Å². The van der Waals surface area contributed by atoms with Gasteiger partial charge in [-0.05, 0) is 57.1 Å². The summed E-state index contributed by atoms with van der Waals surface area (Å²) in [5, 5.41) is 10.8. The van der Waals surface area contributed by atoms with Gasteiger partial charge in [-0.2, -0.15) is 0 Å². The molecule has 0 unspecified atom stereocenters. The predicted molar refractivity (Wildman–Crippen MR) is 134 cm³/mol. The van der Waals surface area contributed by atoms with Crippen LogP contribution in [-0.4, -0.2) is 30.6 Å². The van der Waals surface area contributed by atoms with Gasteiger partial charge in [-0.1, -0.05) is 29.2 Å². The van der Waals surface area contributed by atoms with Crippen LogP contribution in [-0.2, 0) is 4.79 Å². The maximum atomic E-state index is 12.7. The van der Waals surface area contributed by atoms with Gasteiger partial charge in [0.05, 0.1) is 28.5 Å². The molecule has 0 radical (unpaired) electrons. The number of amides is 1. The van der Waals surface area contributed by atoms with E-state index >= 15 is 0 Å². The van der Waals surface area contributed by atoms with Crippen LogP contribution in [0.1, 0.15) is 25.3 Å². The molecule has 33 heavy (non-hydrogen) atoms. The van der Waals surface area contributed by atoms with Crippen molar-refractivity contribution in [1.82, 2.24) is 10.3 Å². The highest BCUT2D eigenvalue weighted by atomic mass is 35.5. The fraction of sp³-hybridized carbons (Fsp3) is 0.231. The van der Waals surface area contributed by atoms with Crippen LogP contribution in [0.3, 0.4) is 0 Å². The van der Waals surface area contributed by atoms with Gasteiger partial charge in [0, 0.05) is 35.0 Å². The summed E-state index contributed by atoms with van der Waals surface area (Å²) >= 11 is 6.52. The molecule has 0 bridgehead atoms. The lowest BCUT2D eigenvalue weighted by molar-refractivity contribution is -0.112. The number of piperidine rings is 1. The van der Waals surface area contributed by atoms with Crippen molar-refractivity contribution < 1.29 is 9.53 Å². The van der Waals surface area contributed by atoms with Gasteiger partial charge < -0.3 is 20.7 Å². The second-order valence-electron chi connectivity index (χ2n) is 7.67. The first kappa shape index (κ1) is 22.7. The molecular weight excluding hydrogens is 436 g/mol. The minimum absolute atomic E-state index is 0.182. The van der Waals surface area contributed by atoms with Crippen molar-refractivity contribution in [2.75, 3.05) is 30.3 Å². The third kappa shape index (κ3) is 5.46. The SMILES string of the molecule is C#Cc1cccc(Nc2c(Cl)cnc3cc(OCC)c(NC(=O)C=C4CCNCC4)cc23)c1. The Kier molecular flexibility index (Phi) is 7.13. The van der Waals surface area contributed by atoms with E-state index in [1.54, 1.807) is 12.3 Å². The molecule has 2 aromatic carbocycles. The number of ether oxygens (including phenoxy) is 1. The highest BCUT2D eigenvalue weighted by Gasteiger charge is 2.15. The summed E-state index contributed by atoms with van der Waals surface area (Å²) in [4.78, 5) is 17.2. The first-order valence-electron chi connectivity index (χ1n) is 10.9. The number of carbonyl (C=O) groups is 1. The molecule has 2 heterocycles. The van der Waals surface area contributed by atoms with E-state index in [2.05, 4.69) is 26.9 Å². The number of fused-ring (bicyclic) bond motifs is 1. The van der Waals surface area contributed by atoms with Crippen molar-refractivity contribution in [2.24, 2.45) is 0 Å². The molecule has 0 aliphatic carbocycles. The largest absolute Gasteiger partial charge is 0.492 e. The molecule has 1 amide bonds. The Hall–Kier alpha value is -3.53. The van der Waals surface area contributed by atoms with E-state index in [0.29, 0.717) is 34.3 Å². The van der Waals surface area contributed by atoms with Crippen LogP contribution >= 0.6 is 11.6 Å². The average molecular weight is 461 g/mol. The Bertz CT molecular complexity index is 1260. The molecule has 4 rings (SSSR count). The predicted octanol–water partition coefficient (Wildman–Crippen LogP) is 5.26. The first-order chi connectivity index (χ1) is 16.1. The summed E-state index contributed by atoms with van der Waals surface area (Å²) in [6.45, 7) is 4.13. The smallest absolute Gasteiger partial charge is 0.248 e. The summed E-state index contributed by atoms with van der Waals surface area (Å²) in [5.74, 6) is 3.00. The summed E-state index contributed by atoms with van der Waals surface area (Å²) in [7, 11) is 0. The zero-order chi connectivity index (χ0) is 23.2. The van der Waals surface area contributed by atoms with E-state index in [1.807, 2.05) is 43.3 Å². The quantitative estimate of drug-likeness (QED) is 0.345. The normalized spacial score (nSPS) is 13.3. The first-order valence-corrected chi connectivity index (χ1v) is 11.2. The number of halogens is 1. The summed E-state index contributed by atoms with van der Waals surface area (Å²) < 4.78 is 5.79. The van der Waals surface area contributed by atoms with Crippen LogP contribution in [0.4, 0.5) is 17.1 Å². The van der Waals surface area contributed by atoms with Gasteiger partial charge in [0.15, 0.2) is 0 Å². The maximum absolute atomic E-state index is 12.7. The molecule has 3 aromatic rings. The molecule has 7 heteroatoms. The number of anilines is 3. The molecular formula is C26H25ClN4O2. The second kappa shape index (κ2) is 10.4. The molecule has 1 aliphatic heterocycles. The Morgan fingerprint density at radius 1 is 1.30 bits per heavy atom. The number of carbonyl (C=O) groups excluding carboxylic acids is 1. The van der Waals surface area contributed by atoms with Crippen LogP contribution < -0.4 is 20.7 Å². The fourth-order valence-electron chi connectivity index (χ4n) is 3.77. The lowest BCUT2D eigenvalue weighted by Crippen LogP contribution is -2.24. The maximum Gasteiger partial charge on any atom is 0.248 e. The van der Waals surface area contributed by atoms with Crippen LogP contribution in [0.5, 0.6) is 5.75 Å². The molecule has 1 fully saturated rings. The van der Waals surface area contributed by atoms with Crippen molar-refractivity contribution in [3.05, 3.63) is 64.8 Å². The molecule has 1 aliphatic rings. The number of aromatic nitrogens is 1. The number of terminal acetylenes is 1. The lowest BCUT2D eigenvalue weighted by Gasteiger charge is -2.17. The number of rotatable bonds is 6. The minimum atomic E-state index is -0.182. The number of pyridine rings is 1. The topological polar surface area (TPSA) is 75.3 Å². The Labute approximate surface area is 198 Å². The van der Waals surface area contributed by atoms with Crippen LogP contribution in [0, 0.1) is 12.3 Å². The van der Waals surface area contributed by atoms with Gasteiger partial charge >= 0.3 is 0 Å². The van der Waals surface area contributed by atoms with Gasteiger partial charge in [0.1, 0.15) is 5.75 Å². The summed E-state index contributed by atoms with van der Waals surface area (Å²) in [6, 6.07) is 11.2. The number of hydrogen-bond acceptors (Lipinski definition) is 5. The zero-order valence-electron chi connectivity index (χ0n) is 18.4. The molecule has 168 valence electrons. The highest BCUT2D eigenvalue weighted by Crippen LogP contribution is 2.38. The molecule has 0 saturated carbocycles. The van der Waals surface area contributed by atoms with Crippen molar-refractivity contribution in [3.8, 4) is 18.1 Å². The number of benzene rings is 2. The van der Waals surface area contributed by atoms with Crippen LogP contribution in [0.15, 0.2) is 54.2 Å². The van der Waals surface area contributed by atoms with Gasteiger partial charge in [-0.15, -0.1) is 6.42 Å². The summed E-state index contributed by atoms with van der Waals surface area (Å²) in [6.07, 6.45) is 10.5. The number of nitrogens with one attached hydrogen (secondary N) is 3. The fourth-order valence-corrected chi connectivity index (χ4v) is 3.97. The third-order valence-corrected chi connectivity index (χ3v) is 5.65. The third-order valence-electron chi connectivity index (χ3n) is 5.36. The summed E-state index contributed by atoms with van der Waals surface area (Å²) in [5.41, 5.74) is 4.61. The van der Waals surface area contributed by atoms with E-state index in [1.165, 1.54) is 0 Å². The molecule has 1 aromatic heterocycles. The Morgan fingerprint density at radius 3 is 2.88 bits per heavy atom. The number of hydrogen-bond donors (Lipinski definition) is 3. The Balaban J connectivity index is 1.72. The molecule has 1 saturated heterocycles. The second-order valence-corrected chi connectivity index (χ2v) is 8.08. The van der Waals surface area contributed by atoms with Crippen molar-refractivity contribution in [1.29, 1.82) is 0 Å². The molecule has 0 atom stereocenters. The van der Waals surface area contributed by atoms with E-state index < -0.39 is 0 Å². The van der Waals surface area contributed by atoms with Gasteiger partial charge in [0.2, 0.25) is 5.91 Å². The van der Waals surface area contributed by atoms with Gasteiger partial charge in [-0.25, -0.2) is 0 Å². The standard InChI is InChI=1S/C26H25ClN4O2/c1-3-17-6-5-7-19(12-17)30-26-20-14-23(31-25(32)13-18-8-10-28-11-9-18)24(33-4-2)15-22(20)29-16-21(26)27/h1,5-7,12-16,28H,4,8-11H2,2H3,(H,29,30)(H,31,32). The average Bonchev–Trinajstić information content (AvgIpc) is 2.82. The molecule has 3 N–H and O–H groups in total. The molecule has 0 spiro atoms. The zero-order valence-corrected chi connectivity index (χ0v) is 19.1. The van der Waals surface area contributed by atoms with Crippen LogP contribution in [0.2, 0.25) is 5.02 Å². The van der Waals surface area contributed by atoms with Crippen molar-refractivity contribution in [2.45, 2.75) is 19.8 Å². The molecule has 6 nitrogen and oxygen atoms in total. The lowest BCUT2D eigenvalue weighted by atomic mass is 10.1. The van der Waals surface area contributed by atoms with E-state index in [-0.39, 0.29) is 5.91 Å². The van der Waals surface area contributed by atoms with E-state index in [4.69, 9.17) is 22.8 Å². The van der Waals surface area contributed by atoms with E-state index in [9.17, 15) is 4.79 Å². The Morgan fingerprint density at radius 2 is 2.12 bits per heavy atom. The van der Waals surface area contributed by atoms with E-state index in [0.717, 1.165) is 48.1 Å². The highest BCUT2D eigenvalue weighted by molar-refractivity contribution is 6.35. The van der Waals surface area contributed by atoms with Crippen molar-refractivity contribution in [3.63, 3.8) is 0 Å². The van der Waals surface area contributed by atoms with Gasteiger partial charge in [0.25, 0.3) is 0 Å². The monoisotopic (exact) mass is 460 g/mol. The number of nitrogens with zero attached hydrogens (tertiary/aromatic N) is 1. The minimum Gasteiger partial charge on any atom is -0.492 e. The van der Waals surface area contributed by atoms with Gasteiger partial charge in [-0.3, -0.25) is 9.78 Å².